The van der Waals surface area contributed by atoms with E-state index in [0.717, 1.165) is 49.4 Å². The van der Waals surface area contributed by atoms with Crippen LogP contribution in [0.3, 0.4) is 0 Å². The maximum atomic E-state index is 13.6. The van der Waals surface area contributed by atoms with Crippen LogP contribution in [0.5, 0.6) is 0 Å². The number of rotatable bonds is 98. The van der Waals surface area contributed by atoms with E-state index in [1.54, 1.807) is 12.1 Å². The van der Waals surface area contributed by atoms with Crippen molar-refractivity contribution in [1.82, 2.24) is 0 Å². The fraction of sp³-hybridized carbons (Fsp3) is 0.927. The Labute approximate surface area is 718 Å². The van der Waals surface area contributed by atoms with Crippen molar-refractivity contribution >= 4 is 11.9 Å². The summed E-state index contributed by atoms with van der Waals surface area (Å²) in [6.45, 7) is 14.8. The second-order valence-corrected chi connectivity index (χ2v) is 38.2. The first-order chi connectivity index (χ1) is 56.4. The van der Waals surface area contributed by atoms with Crippen LogP contribution < -0.4 is 0 Å². The molecule has 4 heteroatoms. The molecule has 4 nitrogen and oxygen atoms in total. The maximum absolute atomic E-state index is 13.6. The molecule has 0 fully saturated rings. The summed E-state index contributed by atoms with van der Waals surface area (Å²) >= 11 is 0. The van der Waals surface area contributed by atoms with Gasteiger partial charge < -0.3 is 9.47 Å². The van der Waals surface area contributed by atoms with Crippen LogP contribution in [0.25, 0.3) is 0 Å². The van der Waals surface area contributed by atoms with Gasteiger partial charge in [-0.25, -0.2) is 9.59 Å². The van der Waals surface area contributed by atoms with E-state index in [0.29, 0.717) is 24.3 Å². The molecule has 114 heavy (non-hydrogen) atoms. The standard InChI is InChI=1S/C110H210O4/c1-7-13-19-25-31-33-35-37-39-41-43-45-47-49-51-53-55-57-59-61-67-75-91-103(87-71-63-27-21-15-9-3)95-79-81-97-105(89-73-65-29-23-17-11-5)93-77-69-85-101-113-109(111)107-99-83-84-100-108(107)110(112)114-102-86-70-78-94-106(90-74-66-30-24-18-12-6)98-82-80-96-104(88-72-64-28-22-16-10-4)92-76-68-62-60-58-56-54-52-50-48-46-44-42-40-38-36-34-32-26-20-14-8-2/h83-84,99-100,103-106H,7-82,85-98,101-102H2,1-6H3. The lowest BCUT2D eigenvalue weighted by Crippen LogP contribution is -2.15. The Bertz CT molecular complexity index is 1850. The van der Waals surface area contributed by atoms with Gasteiger partial charge in [-0.3, -0.25) is 0 Å². The lowest BCUT2D eigenvalue weighted by atomic mass is 9.87. The fourth-order valence-electron chi connectivity index (χ4n) is 19.1. The zero-order valence-corrected chi connectivity index (χ0v) is 79.3. The van der Waals surface area contributed by atoms with Crippen LogP contribution in [-0.2, 0) is 9.47 Å². The number of ether oxygens (including phenoxy) is 2. The van der Waals surface area contributed by atoms with Gasteiger partial charge in [0.15, 0.2) is 0 Å². The van der Waals surface area contributed by atoms with Gasteiger partial charge in [0.2, 0.25) is 0 Å². The minimum Gasteiger partial charge on any atom is -0.462 e. The van der Waals surface area contributed by atoms with Crippen LogP contribution in [0.4, 0.5) is 0 Å². The highest BCUT2D eigenvalue weighted by atomic mass is 16.5. The number of unbranched alkanes of at least 4 members (excludes halogenated alkanes) is 68. The van der Waals surface area contributed by atoms with Gasteiger partial charge in [0.05, 0.1) is 24.3 Å². The number of hydrogen-bond acceptors (Lipinski definition) is 4. The minimum absolute atomic E-state index is 0.342. The van der Waals surface area contributed by atoms with E-state index in [-0.39, 0.29) is 0 Å². The molecule has 4 atom stereocenters. The van der Waals surface area contributed by atoms with Gasteiger partial charge in [0, 0.05) is 0 Å². The topological polar surface area (TPSA) is 52.6 Å². The van der Waals surface area contributed by atoms with Crippen LogP contribution in [0.1, 0.15) is 640 Å². The van der Waals surface area contributed by atoms with E-state index in [1.165, 1.54) is 552 Å². The molecule has 0 spiro atoms. The lowest BCUT2D eigenvalue weighted by molar-refractivity contribution is 0.0450. The van der Waals surface area contributed by atoms with Crippen molar-refractivity contribution in [1.29, 1.82) is 0 Å². The average molecular weight is 1600 g/mol. The second kappa shape index (κ2) is 93.4. The van der Waals surface area contributed by atoms with E-state index in [1.807, 2.05) is 12.1 Å². The zero-order valence-electron chi connectivity index (χ0n) is 79.3. The summed E-state index contributed by atoms with van der Waals surface area (Å²) in [5.41, 5.74) is 0.684. The minimum atomic E-state index is -0.393. The van der Waals surface area contributed by atoms with E-state index in [9.17, 15) is 9.59 Å². The molecule has 0 radical (unpaired) electrons. The Morgan fingerprint density at radius 2 is 0.289 bits per heavy atom. The van der Waals surface area contributed by atoms with Crippen LogP contribution in [0, 0.1) is 23.7 Å². The number of carbonyl (C=O) groups is 2. The summed E-state index contributed by atoms with van der Waals surface area (Å²) in [6, 6.07) is 7.18. The molecule has 0 heterocycles. The van der Waals surface area contributed by atoms with Crippen LogP contribution in [-0.4, -0.2) is 25.2 Å². The van der Waals surface area contributed by atoms with Gasteiger partial charge in [0.25, 0.3) is 0 Å². The van der Waals surface area contributed by atoms with Crippen LogP contribution in [0.15, 0.2) is 24.3 Å². The van der Waals surface area contributed by atoms with Crippen molar-refractivity contribution in [2.24, 2.45) is 23.7 Å². The van der Waals surface area contributed by atoms with E-state index in [2.05, 4.69) is 41.5 Å². The molecule has 674 valence electrons. The van der Waals surface area contributed by atoms with Gasteiger partial charge in [-0.05, 0) is 48.6 Å². The summed E-state index contributed by atoms with van der Waals surface area (Å²) in [6.07, 6.45) is 127. The van der Waals surface area contributed by atoms with E-state index in [4.69, 9.17) is 9.47 Å². The van der Waals surface area contributed by atoms with Gasteiger partial charge >= 0.3 is 11.9 Å². The number of carbonyl (C=O) groups excluding carboxylic acids is 2. The molecule has 0 saturated carbocycles. The molecule has 0 bridgehead atoms. The van der Waals surface area contributed by atoms with Crippen LogP contribution >= 0.6 is 0 Å². The van der Waals surface area contributed by atoms with Crippen molar-refractivity contribution in [3.63, 3.8) is 0 Å². The van der Waals surface area contributed by atoms with Crippen molar-refractivity contribution in [2.75, 3.05) is 13.2 Å². The summed E-state index contributed by atoms with van der Waals surface area (Å²) in [7, 11) is 0. The fourth-order valence-corrected chi connectivity index (χ4v) is 19.1. The van der Waals surface area contributed by atoms with Gasteiger partial charge in [-0.1, -0.05) is 619 Å². The number of esters is 2. The van der Waals surface area contributed by atoms with E-state index < -0.39 is 11.9 Å². The Balaban J connectivity index is 2.55. The van der Waals surface area contributed by atoms with Gasteiger partial charge in [-0.15, -0.1) is 0 Å². The highest BCUT2D eigenvalue weighted by Crippen LogP contribution is 2.32. The quantitative estimate of drug-likeness (QED) is 0.0482. The molecule has 4 unspecified atom stereocenters. The Kier molecular flexibility index (Phi) is 90.3. The molecule has 0 amide bonds. The predicted molar refractivity (Wildman–Crippen MR) is 511 cm³/mol. The summed E-state index contributed by atoms with van der Waals surface area (Å²) in [5.74, 6) is 2.72. The molecule has 0 saturated heterocycles. The molecule has 0 aliphatic carbocycles. The highest BCUT2D eigenvalue weighted by Gasteiger charge is 2.20. The summed E-state index contributed by atoms with van der Waals surface area (Å²) in [4.78, 5) is 27.2. The lowest BCUT2D eigenvalue weighted by Gasteiger charge is -2.20. The number of benzene rings is 1. The molecule has 1 aromatic rings. The zero-order chi connectivity index (χ0) is 81.9. The summed E-state index contributed by atoms with van der Waals surface area (Å²) < 4.78 is 11.8. The third-order valence-electron chi connectivity index (χ3n) is 27.1. The van der Waals surface area contributed by atoms with E-state index >= 15 is 0 Å². The second-order valence-electron chi connectivity index (χ2n) is 38.2. The van der Waals surface area contributed by atoms with Crippen molar-refractivity contribution in [2.45, 2.75) is 619 Å². The molecular formula is C110H210O4. The third-order valence-corrected chi connectivity index (χ3v) is 27.1. The first-order valence-corrected chi connectivity index (χ1v) is 53.9. The Morgan fingerprint density at radius 3 is 0.430 bits per heavy atom. The smallest absolute Gasteiger partial charge is 0.339 e. The molecule has 1 aromatic carbocycles. The van der Waals surface area contributed by atoms with Gasteiger partial charge in [-0.2, -0.15) is 0 Å². The first-order valence-electron chi connectivity index (χ1n) is 53.9. The van der Waals surface area contributed by atoms with Crippen molar-refractivity contribution in [3.05, 3.63) is 35.4 Å². The monoisotopic (exact) mass is 1600 g/mol. The maximum Gasteiger partial charge on any atom is 0.339 e. The molecule has 0 N–H and O–H groups in total. The molecule has 0 aliphatic heterocycles. The average Bonchev–Trinajstić information content (AvgIpc) is 0.844. The Morgan fingerprint density at radius 1 is 0.175 bits per heavy atom. The molecular weight excluding hydrogens is 1390 g/mol. The molecule has 1 rings (SSSR count). The highest BCUT2D eigenvalue weighted by molar-refractivity contribution is 6.03. The van der Waals surface area contributed by atoms with Crippen molar-refractivity contribution < 1.29 is 19.1 Å². The van der Waals surface area contributed by atoms with Crippen LogP contribution in [0.2, 0.25) is 0 Å². The largest absolute Gasteiger partial charge is 0.462 e. The molecule has 0 aliphatic rings. The SMILES string of the molecule is CCCCCCCCCCCCCCCCCCCCCCCCC(CCCCCCCC)CCCCC(CCCCCCCC)CCCCCOC(=O)c1ccccc1C(=O)OCCCCCC(CCCCCCCC)CCCCC(CCCCCCCC)CCCCCCCCCCCCCCCCCCCCCCCC. The molecule has 0 aromatic heterocycles. The first kappa shape index (κ1) is 110. The predicted octanol–water partition coefficient (Wildman–Crippen LogP) is 39.7. The number of hydrogen-bond donors (Lipinski definition) is 0. The normalized spacial score (nSPS) is 12.8. The van der Waals surface area contributed by atoms with Crippen molar-refractivity contribution in [3.8, 4) is 0 Å². The third kappa shape index (κ3) is 78.7. The van der Waals surface area contributed by atoms with Gasteiger partial charge in [0.1, 0.15) is 0 Å². The Hall–Kier alpha value is -1.84. The summed E-state index contributed by atoms with van der Waals surface area (Å²) in [5, 5.41) is 0.